The van der Waals surface area contributed by atoms with Crippen LogP contribution in [-0.2, 0) is 36.9 Å². The molecule has 1 aliphatic rings. The molecule has 0 fully saturated rings. The number of methoxy groups -OCH3 is 1. The number of H-pyrrole nitrogens is 1. The Labute approximate surface area is 246 Å². The highest BCUT2D eigenvalue weighted by Crippen LogP contribution is 2.40. The summed E-state index contributed by atoms with van der Waals surface area (Å²) in [5.74, 6) is -1.80. The minimum Gasteiger partial charge on any atom is -0.508 e. The molecule has 0 unspecified atom stereocenters. The number of carbonyl (C=O) groups is 4. The number of amides is 3. The van der Waals surface area contributed by atoms with Gasteiger partial charge in [0.15, 0.2) is 0 Å². The number of para-hydroxylation sites is 2. The Kier molecular flexibility index (Phi) is 7.03. The first-order valence-electron chi connectivity index (χ1n) is 13.6. The van der Waals surface area contributed by atoms with Crippen LogP contribution >= 0.6 is 0 Å². The molecule has 216 valence electrons. The van der Waals surface area contributed by atoms with Crippen LogP contribution < -0.4 is 5.32 Å². The molecule has 1 aliphatic heterocycles. The third kappa shape index (κ3) is 4.93. The summed E-state index contributed by atoms with van der Waals surface area (Å²) in [7, 11) is 2.71. The van der Waals surface area contributed by atoms with E-state index in [2.05, 4.69) is 10.3 Å². The highest BCUT2D eigenvalue weighted by Gasteiger charge is 2.39. The van der Waals surface area contributed by atoms with Crippen molar-refractivity contribution in [1.29, 1.82) is 0 Å². The minimum absolute atomic E-state index is 0.0919. The van der Waals surface area contributed by atoms with Crippen LogP contribution in [-0.4, -0.2) is 63.4 Å². The van der Waals surface area contributed by atoms with E-state index in [-0.39, 0.29) is 29.9 Å². The van der Waals surface area contributed by atoms with Crippen molar-refractivity contribution in [3.05, 3.63) is 102 Å². The third-order valence-electron chi connectivity index (χ3n) is 7.71. The van der Waals surface area contributed by atoms with Gasteiger partial charge in [-0.25, -0.2) is 4.79 Å². The largest absolute Gasteiger partial charge is 0.508 e. The highest BCUT2D eigenvalue weighted by atomic mass is 16.5. The minimum atomic E-state index is -0.956. The fourth-order valence-electron chi connectivity index (χ4n) is 5.59. The first-order chi connectivity index (χ1) is 20.8. The Hall–Kier alpha value is -5.64. The molecular formula is C33H28N4O6. The number of aromatic hydroxyl groups is 1. The fraction of sp³-hybridized carbons (Fsp3) is 0.152. The smallest absolute Gasteiger partial charge is 0.328 e. The SMILES string of the molecule is COC(=O)[C@H](Cc1ccc(O)cc1)NC(=O)Cn1cc(C2=C(c3c[nH]c4ccccc34)C(=O)N(C)C2=O)c2ccccc21. The zero-order valence-corrected chi connectivity index (χ0v) is 23.5. The zero-order valence-electron chi connectivity index (χ0n) is 23.5. The van der Waals surface area contributed by atoms with Crippen molar-refractivity contribution in [2.24, 2.45) is 0 Å². The van der Waals surface area contributed by atoms with Gasteiger partial charge in [-0.3, -0.25) is 19.3 Å². The molecule has 10 nitrogen and oxygen atoms in total. The molecule has 6 rings (SSSR count). The molecule has 0 saturated heterocycles. The third-order valence-corrected chi connectivity index (χ3v) is 7.71. The summed E-state index contributed by atoms with van der Waals surface area (Å²) in [6.07, 6.45) is 3.60. The predicted octanol–water partition coefficient (Wildman–Crippen LogP) is 3.64. The van der Waals surface area contributed by atoms with Gasteiger partial charge in [0.2, 0.25) is 5.91 Å². The van der Waals surface area contributed by atoms with Crippen LogP contribution in [0.2, 0.25) is 0 Å². The lowest BCUT2D eigenvalue weighted by atomic mass is 9.95. The van der Waals surface area contributed by atoms with E-state index < -0.39 is 29.7 Å². The monoisotopic (exact) mass is 576 g/mol. The topological polar surface area (TPSA) is 134 Å². The number of nitrogens with one attached hydrogen (secondary N) is 2. The number of nitrogens with zero attached hydrogens (tertiary/aromatic N) is 2. The number of imide groups is 1. The van der Waals surface area contributed by atoms with Crippen molar-refractivity contribution in [3.63, 3.8) is 0 Å². The van der Waals surface area contributed by atoms with Gasteiger partial charge in [0.1, 0.15) is 18.3 Å². The van der Waals surface area contributed by atoms with Gasteiger partial charge in [0.05, 0.1) is 18.3 Å². The summed E-state index contributed by atoms with van der Waals surface area (Å²) in [5.41, 5.74) is 3.95. The van der Waals surface area contributed by atoms with E-state index in [1.54, 1.807) is 29.1 Å². The quantitative estimate of drug-likeness (QED) is 0.191. The van der Waals surface area contributed by atoms with Gasteiger partial charge in [-0.15, -0.1) is 0 Å². The molecule has 0 bridgehead atoms. The molecule has 1 atom stereocenters. The Balaban J connectivity index is 1.38. The maximum atomic E-state index is 13.6. The van der Waals surface area contributed by atoms with Crippen molar-refractivity contribution < 1.29 is 29.0 Å². The maximum Gasteiger partial charge on any atom is 0.328 e. The second kappa shape index (κ2) is 11.0. The summed E-state index contributed by atoms with van der Waals surface area (Å²) in [6.45, 7) is -0.155. The Morgan fingerprint density at radius 1 is 0.907 bits per heavy atom. The first kappa shape index (κ1) is 27.5. The predicted molar refractivity (Wildman–Crippen MR) is 161 cm³/mol. The fourth-order valence-corrected chi connectivity index (χ4v) is 5.59. The summed E-state index contributed by atoms with van der Waals surface area (Å²) < 4.78 is 6.62. The van der Waals surface area contributed by atoms with Gasteiger partial charge < -0.3 is 24.7 Å². The molecular weight excluding hydrogens is 548 g/mol. The van der Waals surface area contributed by atoms with Gasteiger partial charge in [-0.05, 0) is 29.8 Å². The number of carbonyl (C=O) groups excluding carboxylic acids is 4. The normalized spacial score (nSPS) is 14.1. The van der Waals surface area contributed by atoms with Gasteiger partial charge >= 0.3 is 5.97 Å². The molecule has 3 amide bonds. The van der Waals surface area contributed by atoms with E-state index in [0.29, 0.717) is 22.0 Å². The second-order valence-electron chi connectivity index (χ2n) is 10.4. The van der Waals surface area contributed by atoms with Crippen LogP contribution in [0, 0.1) is 0 Å². The summed E-state index contributed by atoms with van der Waals surface area (Å²) >= 11 is 0. The van der Waals surface area contributed by atoms with Crippen molar-refractivity contribution >= 4 is 56.6 Å². The molecule has 5 aromatic rings. The number of hydrogen-bond donors (Lipinski definition) is 3. The molecule has 3 heterocycles. The standard InChI is InChI=1S/C33H28N4O6/c1-36-31(40)29(23-16-34-25-9-5-3-7-21(23)25)30(32(36)41)24-17-37(27-10-6-4-8-22(24)27)18-28(39)35-26(33(42)43-2)15-19-11-13-20(38)14-12-19/h3-14,16-17,26,34,38H,15,18H2,1-2H3,(H,35,39)/t26-/m0/s1. The van der Waals surface area contributed by atoms with Crippen LogP contribution in [0.1, 0.15) is 16.7 Å². The number of hydrogen-bond acceptors (Lipinski definition) is 6. The van der Waals surface area contributed by atoms with Crippen LogP contribution in [0.3, 0.4) is 0 Å². The lowest BCUT2D eigenvalue weighted by molar-refractivity contribution is -0.145. The van der Waals surface area contributed by atoms with Crippen molar-refractivity contribution in [1.82, 2.24) is 19.8 Å². The number of fused-ring (bicyclic) bond motifs is 2. The summed E-state index contributed by atoms with van der Waals surface area (Å²) in [5, 5.41) is 13.8. The first-order valence-corrected chi connectivity index (χ1v) is 13.6. The number of aromatic nitrogens is 2. The number of benzene rings is 3. The van der Waals surface area contributed by atoms with E-state index in [1.807, 2.05) is 48.5 Å². The van der Waals surface area contributed by atoms with Crippen molar-refractivity contribution in [2.45, 2.75) is 19.0 Å². The average molecular weight is 577 g/mol. The number of likely N-dealkylation sites (N-methyl/N-ethyl adjacent to an activating group) is 1. The van der Waals surface area contributed by atoms with Crippen LogP contribution in [0.5, 0.6) is 5.75 Å². The Bertz CT molecular complexity index is 1950. The summed E-state index contributed by atoms with van der Waals surface area (Å²) in [6, 6.07) is 20.3. The number of phenolic OH excluding ortho intramolecular Hbond substituents is 1. The van der Waals surface area contributed by atoms with Crippen LogP contribution in [0.15, 0.2) is 85.2 Å². The van der Waals surface area contributed by atoms with E-state index in [4.69, 9.17) is 4.74 Å². The van der Waals surface area contributed by atoms with E-state index in [9.17, 15) is 24.3 Å². The molecule has 0 aliphatic carbocycles. The average Bonchev–Trinajstić information content (AvgIpc) is 3.66. The number of esters is 1. The highest BCUT2D eigenvalue weighted by molar-refractivity contribution is 6.50. The molecule has 0 saturated carbocycles. The van der Waals surface area contributed by atoms with Gasteiger partial charge in [-0.1, -0.05) is 48.5 Å². The molecule has 0 radical (unpaired) electrons. The number of phenols is 1. The number of aromatic amines is 1. The van der Waals surface area contributed by atoms with Crippen molar-refractivity contribution in [2.75, 3.05) is 14.2 Å². The van der Waals surface area contributed by atoms with Gasteiger partial charge in [0, 0.05) is 58.8 Å². The molecule has 3 N–H and O–H groups in total. The Morgan fingerprint density at radius 3 is 2.28 bits per heavy atom. The lowest BCUT2D eigenvalue weighted by Gasteiger charge is -2.17. The molecule has 0 spiro atoms. The zero-order chi connectivity index (χ0) is 30.2. The van der Waals surface area contributed by atoms with Crippen LogP contribution in [0.4, 0.5) is 0 Å². The van der Waals surface area contributed by atoms with E-state index >= 15 is 0 Å². The van der Waals surface area contributed by atoms with Crippen LogP contribution in [0.25, 0.3) is 33.0 Å². The lowest BCUT2D eigenvalue weighted by Crippen LogP contribution is -2.44. The molecule has 10 heteroatoms. The van der Waals surface area contributed by atoms with E-state index in [1.165, 1.54) is 26.3 Å². The molecule has 43 heavy (non-hydrogen) atoms. The molecule has 3 aromatic carbocycles. The maximum absolute atomic E-state index is 13.6. The number of ether oxygens (including phenoxy) is 1. The Morgan fingerprint density at radius 2 is 1.56 bits per heavy atom. The van der Waals surface area contributed by atoms with Gasteiger partial charge in [0.25, 0.3) is 11.8 Å². The van der Waals surface area contributed by atoms with Crippen molar-refractivity contribution in [3.8, 4) is 5.75 Å². The number of rotatable bonds is 8. The molecule has 2 aromatic heterocycles. The second-order valence-corrected chi connectivity index (χ2v) is 10.4. The van der Waals surface area contributed by atoms with E-state index in [0.717, 1.165) is 21.4 Å². The summed E-state index contributed by atoms with van der Waals surface area (Å²) in [4.78, 5) is 57.1. The van der Waals surface area contributed by atoms with Gasteiger partial charge in [-0.2, -0.15) is 0 Å².